The first-order valence-electron chi connectivity index (χ1n) is 12.6. The van der Waals surface area contributed by atoms with Gasteiger partial charge in [0.1, 0.15) is 11.9 Å². The lowest BCUT2D eigenvalue weighted by atomic mass is 9.89. The number of hydrogen-bond acceptors (Lipinski definition) is 8. The number of fused-ring (bicyclic) bond motifs is 1. The number of nitrogens with zero attached hydrogens (tertiary/aromatic N) is 5. The highest BCUT2D eigenvalue weighted by molar-refractivity contribution is 6.00. The van der Waals surface area contributed by atoms with Gasteiger partial charge in [0.15, 0.2) is 11.4 Å². The minimum Gasteiger partial charge on any atom is -0.392 e. The number of carbonyl (C=O) groups excluding carboxylic acids is 2. The summed E-state index contributed by atoms with van der Waals surface area (Å²) in [5.41, 5.74) is 12.1. The zero-order chi connectivity index (χ0) is 27.0. The Morgan fingerprint density at radius 3 is 2.34 bits per heavy atom. The van der Waals surface area contributed by atoms with Gasteiger partial charge in [-0.15, -0.1) is 0 Å². The number of likely N-dealkylation sites (tertiary alicyclic amines) is 1. The van der Waals surface area contributed by atoms with Gasteiger partial charge in [-0.2, -0.15) is 9.61 Å². The Balaban J connectivity index is 1.49. The Labute approximate surface area is 219 Å². The monoisotopic (exact) mass is 514 g/mol. The summed E-state index contributed by atoms with van der Waals surface area (Å²) in [6.45, 7) is 3.86. The summed E-state index contributed by atoms with van der Waals surface area (Å²) in [4.78, 5) is 36.0. The van der Waals surface area contributed by atoms with Crippen LogP contribution in [-0.4, -0.2) is 65.6 Å². The number of benzene rings is 1. The molecule has 10 nitrogen and oxygen atoms in total. The molecular formula is C28H30N6O4. The van der Waals surface area contributed by atoms with Gasteiger partial charge in [0, 0.05) is 41.9 Å². The SMILES string of the molecule is CC(=O)c1c(C2CCN(C(=O)[C@@H](C)O)CC2)nc2c(-c3ccc(-c4ccc(CO)cc4)nc3)cnn2c1N. The van der Waals surface area contributed by atoms with E-state index < -0.39 is 6.10 Å². The van der Waals surface area contributed by atoms with Gasteiger partial charge in [0.25, 0.3) is 5.91 Å². The Kier molecular flexibility index (Phi) is 6.92. The molecular weight excluding hydrogens is 484 g/mol. The number of pyridine rings is 1. The first-order chi connectivity index (χ1) is 18.3. The summed E-state index contributed by atoms with van der Waals surface area (Å²) in [6.07, 6.45) is 3.59. The zero-order valence-electron chi connectivity index (χ0n) is 21.3. The van der Waals surface area contributed by atoms with Crippen molar-refractivity contribution in [1.82, 2.24) is 24.5 Å². The fraction of sp³-hybridized carbons (Fsp3) is 0.321. The number of nitrogen functional groups attached to an aromatic ring is 1. The molecule has 1 aliphatic rings. The molecule has 1 aliphatic heterocycles. The van der Waals surface area contributed by atoms with E-state index in [1.165, 1.54) is 18.4 Å². The standard InChI is InChI=1S/C28H30N6O4/c1-16(36)24-25(20-9-11-33(12-10-20)28(38)17(2)37)32-27-22(14-31-34(27)26(24)29)21-7-8-23(30-13-21)19-5-3-18(15-35)4-6-19/h3-8,13-14,17,20,35,37H,9-12,15,29H2,1-2H3/t17-/m1/s1. The van der Waals surface area contributed by atoms with E-state index in [4.69, 9.17) is 10.7 Å². The number of hydrogen-bond donors (Lipinski definition) is 3. The number of nitrogens with two attached hydrogens (primary N) is 1. The van der Waals surface area contributed by atoms with Crippen LogP contribution in [0.1, 0.15) is 54.2 Å². The van der Waals surface area contributed by atoms with E-state index in [2.05, 4.69) is 10.1 Å². The third-order valence-electron chi connectivity index (χ3n) is 7.12. The number of rotatable bonds is 6. The zero-order valence-corrected chi connectivity index (χ0v) is 21.3. The summed E-state index contributed by atoms with van der Waals surface area (Å²) in [5, 5.41) is 23.3. The van der Waals surface area contributed by atoms with Gasteiger partial charge in [-0.05, 0) is 38.3 Å². The Bertz CT molecular complexity index is 1490. The third kappa shape index (κ3) is 4.64. The number of ketones is 1. The van der Waals surface area contributed by atoms with Crippen LogP contribution in [0.3, 0.4) is 0 Å². The lowest BCUT2D eigenvalue weighted by Crippen LogP contribution is -2.42. The van der Waals surface area contributed by atoms with Crippen LogP contribution in [-0.2, 0) is 11.4 Å². The van der Waals surface area contributed by atoms with E-state index in [9.17, 15) is 19.8 Å². The molecule has 0 radical (unpaired) electrons. The quantitative estimate of drug-likeness (QED) is 0.333. The van der Waals surface area contributed by atoms with E-state index in [1.807, 2.05) is 36.4 Å². The molecule has 0 saturated carbocycles. The number of aliphatic hydroxyl groups is 2. The normalized spacial score (nSPS) is 15.1. The van der Waals surface area contributed by atoms with Gasteiger partial charge < -0.3 is 20.8 Å². The van der Waals surface area contributed by atoms with Gasteiger partial charge in [0.05, 0.1) is 29.8 Å². The van der Waals surface area contributed by atoms with Crippen molar-refractivity contribution in [3.63, 3.8) is 0 Å². The molecule has 3 aromatic heterocycles. The van der Waals surface area contributed by atoms with E-state index in [1.54, 1.807) is 17.3 Å². The van der Waals surface area contributed by atoms with E-state index >= 15 is 0 Å². The van der Waals surface area contributed by atoms with Crippen LogP contribution in [0, 0.1) is 0 Å². The summed E-state index contributed by atoms with van der Waals surface area (Å²) in [6, 6.07) is 11.4. The molecule has 196 valence electrons. The summed E-state index contributed by atoms with van der Waals surface area (Å²) in [5.74, 6) is -0.314. The largest absolute Gasteiger partial charge is 0.392 e. The fourth-order valence-electron chi connectivity index (χ4n) is 5.04. The smallest absolute Gasteiger partial charge is 0.251 e. The highest BCUT2D eigenvalue weighted by Gasteiger charge is 2.31. The molecule has 1 saturated heterocycles. The van der Waals surface area contributed by atoms with Crippen molar-refractivity contribution >= 4 is 23.2 Å². The minimum atomic E-state index is -1.04. The second kappa shape index (κ2) is 10.3. The van der Waals surface area contributed by atoms with Crippen molar-refractivity contribution < 1.29 is 19.8 Å². The van der Waals surface area contributed by atoms with Crippen LogP contribution < -0.4 is 5.73 Å². The highest BCUT2D eigenvalue weighted by Crippen LogP contribution is 2.35. The van der Waals surface area contributed by atoms with E-state index in [0.717, 1.165) is 27.9 Å². The average Bonchev–Trinajstić information content (AvgIpc) is 3.37. The number of piperidine rings is 1. The highest BCUT2D eigenvalue weighted by atomic mass is 16.3. The van der Waals surface area contributed by atoms with Crippen LogP contribution in [0.5, 0.6) is 0 Å². The molecule has 10 heteroatoms. The van der Waals surface area contributed by atoms with Gasteiger partial charge >= 0.3 is 0 Å². The first-order valence-corrected chi connectivity index (χ1v) is 12.6. The molecule has 1 atom stereocenters. The molecule has 0 bridgehead atoms. The number of amides is 1. The topological polar surface area (TPSA) is 147 Å². The van der Waals surface area contributed by atoms with Crippen molar-refractivity contribution in [2.75, 3.05) is 18.8 Å². The molecule has 38 heavy (non-hydrogen) atoms. The second-order valence-corrected chi connectivity index (χ2v) is 9.67. The van der Waals surface area contributed by atoms with Crippen LogP contribution in [0.4, 0.5) is 5.82 Å². The number of Topliss-reactive ketones (excluding diaryl/α,β-unsaturated/α-hetero) is 1. The lowest BCUT2D eigenvalue weighted by Gasteiger charge is -2.33. The molecule has 4 N–H and O–H groups in total. The summed E-state index contributed by atoms with van der Waals surface area (Å²) < 4.78 is 1.49. The van der Waals surface area contributed by atoms with Gasteiger partial charge in [-0.3, -0.25) is 14.6 Å². The van der Waals surface area contributed by atoms with Crippen LogP contribution in [0.15, 0.2) is 48.8 Å². The predicted octanol–water partition coefficient (Wildman–Crippen LogP) is 2.82. The first kappa shape index (κ1) is 25.5. The molecule has 0 spiro atoms. The molecule has 1 aromatic carbocycles. The Hall–Kier alpha value is -4.15. The maximum absolute atomic E-state index is 12.6. The number of aromatic nitrogens is 4. The summed E-state index contributed by atoms with van der Waals surface area (Å²) in [7, 11) is 0. The van der Waals surface area contributed by atoms with Crippen LogP contribution in [0.25, 0.3) is 28.0 Å². The van der Waals surface area contributed by atoms with Crippen LogP contribution in [0.2, 0.25) is 0 Å². The van der Waals surface area contributed by atoms with Gasteiger partial charge in [-0.1, -0.05) is 30.3 Å². The molecule has 4 heterocycles. The van der Waals surface area contributed by atoms with Gasteiger partial charge in [-0.25, -0.2) is 4.98 Å². The number of carbonyl (C=O) groups is 2. The van der Waals surface area contributed by atoms with Crippen LogP contribution >= 0.6 is 0 Å². The number of aliphatic hydroxyl groups excluding tert-OH is 2. The van der Waals surface area contributed by atoms with Gasteiger partial charge in [0.2, 0.25) is 0 Å². The van der Waals surface area contributed by atoms with Crippen molar-refractivity contribution in [3.8, 4) is 22.4 Å². The molecule has 4 aromatic rings. The molecule has 0 aliphatic carbocycles. The van der Waals surface area contributed by atoms with E-state index in [-0.39, 0.29) is 30.0 Å². The van der Waals surface area contributed by atoms with Crippen molar-refractivity contribution in [1.29, 1.82) is 0 Å². The molecule has 0 unspecified atom stereocenters. The lowest BCUT2D eigenvalue weighted by molar-refractivity contribution is -0.140. The predicted molar refractivity (Wildman–Crippen MR) is 142 cm³/mol. The minimum absolute atomic E-state index is 0.00998. The number of anilines is 1. The molecule has 1 fully saturated rings. The molecule has 5 rings (SSSR count). The Morgan fingerprint density at radius 2 is 1.76 bits per heavy atom. The summed E-state index contributed by atoms with van der Waals surface area (Å²) >= 11 is 0. The van der Waals surface area contributed by atoms with Crippen molar-refractivity contribution in [3.05, 3.63) is 65.6 Å². The average molecular weight is 515 g/mol. The fourth-order valence-corrected chi connectivity index (χ4v) is 5.04. The second-order valence-electron chi connectivity index (χ2n) is 9.67. The molecule has 1 amide bonds. The maximum Gasteiger partial charge on any atom is 0.251 e. The Morgan fingerprint density at radius 1 is 1.08 bits per heavy atom. The third-order valence-corrected chi connectivity index (χ3v) is 7.12. The van der Waals surface area contributed by atoms with Crippen molar-refractivity contribution in [2.45, 2.75) is 45.3 Å². The van der Waals surface area contributed by atoms with Crippen molar-refractivity contribution in [2.24, 2.45) is 0 Å². The maximum atomic E-state index is 12.6. The van der Waals surface area contributed by atoms with E-state index in [0.29, 0.717) is 42.8 Å².